The van der Waals surface area contributed by atoms with E-state index >= 15 is 0 Å². The first-order valence-electron chi connectivity index (χ1n) is 13.4. The van der Waals surface area contributed by atoms with Crippen molar-refractivity contribution >= 4 is 50.7 Å². The zero-order valence-electron chi connectivity index (χ0n) is 22.6. The standard InChI is InChI=1S/C30H32Cl2FN3O4S/c1-21(30(38)34-24-8-4-2-5-9-24)35(19-22-12-14-23(31)15-13-22)29(37)20-36(25-16-17-28(33)27(32)18-25)41(39,40)26-10-6-3-7-11-26/h3,6-7,10-18,21,24H,2,4-5,8-9,19-20H2,1H3,(H,34,38)/t21-/m1/s1. The van der Waals surface area contributed by atoms with E-state index in [0.29, 0.717) is 10.6 Å². The van der Waals surface area contributed by atoms with Gasteiger partial charge in [0.15, 0.2) is 0 Å². The molecule has 3 aromatic carbocycles. The average Bonchev–Trinajstić information content (AvgIpc) is 2.97. The molecule has 0 aliphatic heterocycles. The van der Waals surface area contributed by atoms with Crippen molar-refractivity contribution in [3.8, 4) is 0 Å². The fourth-order valence-electron chi connectivity index (χ4n) is 4.83. The number of carbonyl (C=O) groups is 2. The summed E-state index contributed by atoms with van der Waals surface area (Å²) in [6.45, 7) is 1.02. The lowest BCUT2D eigenvalue weighted by Gasteiger charge is -2.33. The summed E-state index contributed by atoms with van der Waals surface area (Å²) >= 11 is 12.0. The van der Waals surface area contributed by atoms with Crippen molar-refractivity contribution in [2.24, 2.45) is 0 Å². The van der Waals surface area contributed by atoms with E-state index < -0.39 is 34.3 Å². The van der Waals surface area contributed by atoms with Crippen LogP contribution in [-0.4, -0.2) is 43.8 Å². The second kappa shape index (κ2) is 13.7. The Bertz CT molecular complexity index is 1470. The molecule has 1 aliphatic rings. The number of anilines is 1. The summed E-state index contributed by atoms with van der Waals surface area (Å²) in [5, 5.41) is 3.29. The molecule has 218 valence electrons. The summed E-state index contributed by atoms with van der Waals surface area (Å²) in [6.07, 6.45) is 4.93. The molecular formula is C30H32Cl2FN3O4S. The van der Waals surface area contributed by atoms with Gasteiger partial charge in [-0.2, -0.15) is 0 Å². The Hall–Kier alpha value is -3.14. The summed E-state index contributed by atoms with van der Waals surface area (Å²) in [5.74, 6) is -1.66. The van der Waals surface area contributed by atoms with Crippen LogP contribution in [0.25, 0.3) is 0 Å². The third-order valence-corrected chi connectivity index (χ3v) is 9.52. The lowest BCUT2D eigenvalue weighted by Crippen LogP contribution is -2.53. The van der Waals surface area contributed by atoms with Crippen LogP contribution in [0.5, 0.6) is 0 Å². The molecule has 1 fully saturated rings. The first kappa shape index (κ1) is 30.8. The third-order valence-electron chi connectivity index (χ3n) is 7.19. The average molecular weight is 621 g/mol. The van der Waals surface area contributed by atoms with Gasteiger partial charge in [-0.25, -0.2) is 12.8 Å². The van der Waals surface area contributed by atoms with Gasteiger partial charge in [0, 0.05) is 17.6 Å². The van der Waals surface area contributed by atoms with Gasteiger partial charge < -0.3 is 10.2 Å². The number of hydrogen-bond acceptors (Lipinski definition) is 4. The highest BCUT2D eigenvalue weighted by Gasteiger charge is 2.33. The second-order valence-corrected chi connectivity index (χ2v) is 12.8. The fraction of sp³-hybridized carbons (Fsp3) is 0.333. The molecular weight excluding hydrogens is 588 g/mol. The minimum atomic E-state index is -4.27. The van der Waals surface area contributed by atoms with E-state index in [4.69, 9.17) is 23.2 Å². The maximum absolute atomic E-state index is 14.0. The van der Waals surface area contributed by atoms with Crippen LogP contribution in [0, 0.1) is 5.82 Å². The minimum Gasteiger partial charge on any atom is -0.352 e. The number of rotatable bonds is 10. The van der Waals surface area contributed by atoms with Crippen LogP contribution in [0.2, 0.25) is 10.0 Å². The first-order chi connectivity index (χ1) is 19.6. The van der Waals surface area contributed by atoms with Crippen LogP contribution in [-0.2, 0) is 26.2 Å². The molecule has 0 unspecified atom stereocenters. The van der Waals surface area contributed by atoms with Crippen LogP contribution >= 0.6 is 23.2 Å². The lowest BCUT2D eigenvalue weighted by atomic mass is 9.95. The molecule has 0 heterocycles. The summed E-state index contributed by atoms with van der Waals surface area (Å²) in [6, 6.07) is 17.0. The van der Waals surface area contributed by atoms with E-state index in [1.54, 1.807) is 49.4 Å². The monoisotopic (exact) mass is 619 g/mol. The predicted octanol–water partition coefficient (Wildman–Crippen LogP) is 6.19. The topological polar surface area (TPSA) is 86.8 Å². The molecule has 4 rings (SSSR count). The van der Waals surface area contributed by atoms with Gasteiger partial charge in [0.05, 0.1) is 15.6 Å². The van der Waals surface area contributed by atoms with Crippen LogP contribution in [0.1, 0.15) is 44.6 Å². The molecule has 0 bridgehead atoms. The summed E-state index contributed by atoms with van der Waals surface area (Å²) < 4.78 is 42.4. The van der Waals surface area contributed by atoms with Crippen molar-refractivity contribution in [1.82, 2.24) is 10.2 Å². The molecule has 1 saturated carbocycles. The van der Waals surface area contributed by atoms with E-state index in [2.05, 4.69) is 5.32 Å². The van der Waals surface area contributed by atoms with Crippen LogP contribution in [0.4, 0.5) is 10.1 Å². The van der Waals surface area contributed by atoms with Gasteiger partial charge in [-0.3, -0.25) is 13.9 Å². The molecule has 1 atom stereocenters. The van der Waals surface area contributed by atoms with Crippen LogP contribution in [0.3, 0.4) is 0 Å². The number of nitrogens with zero attached hydrogens (tertiary/aromatic N) is 2. The molecule has 0 spiro atoms. The molecule has 0 saturated heterocycles. The zero-order chi connectivity index (χ0) is 29.6. The number of sulfonamides is 1. The maximum atomic E-state index is 14.0. The SMILES string of the molecule is C[C@H](C(=O)NC1CCCCC1)N(Cc1ccc(Cl)cc1)C(=O)CN(c1ccc(F)c(Cl)c1)S(=O)(=O)c1ccccc1. The van der Waals surface area contributed by atoms with Crippen LogP contribution < -0.4 is 9.62 Å². The molecule has 41 heavy (non-hydrogen) atoms. The quantitative estimate of drug-likeness (QED) is 0.293. The van der Waals surface area contributed by atoms with E-state index in [9.17, 15) is 22.4 Å². The Balaban J connectivity index is 1.68. The van der Waals surface area contributed by atoms with Gasteiger partial charge >= 0.3 is 0 Å². The highest BCUT2D eigenvalue weighted by atomic mass is 35.5. The molecule has 11 heteroatoms. The van der Waals surface area contributed by atoms with Gasteiger partial charge in [0.1, 0.15) is 18.4 Å². The Morgan fingerprint density at radius 2 is 1.63 bits per heavy atom. The van der Waals surface area contributed by atoms with Gasteiger partial charge in [-0.15, -0.1) is 0 Å². The molecule has 3 aromatic rings. The highest BCUT2D eigenvalue weighted by molar-refractivity contribution is 7.92. The molecule has 1 N–H and O–H groups in total. The lowest BCUT2D eigenvalue weighted by molar-refractivity contribution is -0.139. The Morgan fingerprint density at radius 3 is 2.27 bits per heavy atom. The van der Waals surface area contributed by atoms with Gasteiger partial charge in [-0.1, -0.05) is 72.8 Å². The van der Waals surface area contributed by atoms with Crippen LogP contribution in [0.15, 0.2) is 77.7 Å². The van der Waals surface area contributed by atoms with Gasteiger partial charge in [0.25, 0.3) is 10.0 Å². The molecule has 2 amide bonds. The normalized spacial score (nSPS) is 14.7. The van der Waals surface area contributed by atoms with Crippen molar-refractivity contribution in [2.75, 3.05) is 10.8 Å². The zero-order valence-corrected chi connectivity index (χ0v) is 24.9. The largest absolute Gasteiger partial charge is 0.352 e. The van der Waals surface area contributed by atoms with Crippen molar-refractivity contribution < 1.29 is 22.4 Å². The number of carbonyl (C=O) groups excluding carboxylic acids is 2. The highest BCUT2D eigenvalue weighted by Crippen LogP contribution is 2.28. The summed E-state index contributed by atoms with van der Waals surface area (Å²) in [5.41, 5.74) is 0.724. The Morgan fingerprint density at radius 1 is 0.976 bits per heavy atom. The number of halogens is 3. The van der Waals surface area contributed by atoms with E-state index in [1.165, 1.54) is 23.1 Å². The second-order valence-electron chi connectivity index (χ2n) is 10.1. The Kier molecular flexibility index (Phi) is 10.3. The van der Waals surface area contributed by atoms with Crippen molar-refractivity contribution in [2.45, 2.75) is 62.6 Å². The number of amides is 2. The first-order valence-corrected chi connectivity index (χ1v) is 15.6. The van der Waals surface area contributed by atoms with E-state index in [1.807, 2.05) is 0 Å². The number of hydrogen-bond donors (Lipinski definition) is 1. The molecule has 1 aliphatic carbocycles. The third kappa shape index (κ3) is 7.78. The van der Waals surface area contributed by atoms with Crippen molar-refractivity contribution in [3.05, 3.63) is 94.2 Å². The van der Waals surface area contributed by atoms with E-state index in [0.717, 1.165) is 48.5 Å². The molecule has 0 aromatic heterocycles. The predicted molar refractivity (Wildman–Crippen MR) is 159 cm³/mol. The van der Waals surface area contributed by atoms with Gasteiger partial charge in [-0.05, 0) is 67.8 Å². The number of nitrogens with one attached hydrogen (secondary N) is 1. The molecule has 7 nitrogen and oxygen atoms in total. The van der Waals surface area contributed by atoms with Gasteiger partial charge in [0.2, 0.25) is 11.8 Å². The van der Waals surface area contributed by atoms with E-state index in [-0.39, 0.29) is 34.1 Å². The maximum Gasteiger partial charge on any atom is 0.264 e. The summed E-state index contributed by atoms with van der Waals surface area (Å²) in [4.78, 5) is 28.6. The minimum absolute atomic E-state index is 0.0133. The van der Waals surface area contributed by atoms with Crippen molar-refractivity contribution in [3.63, 3.8) is 0 Å². The molecule has 0 radical (unpaired) electrons. The summed E-state index contributed by atoms with van der Waals surface area (Å²) in [7, 11) is -4.27. The number of benzene rings is 3. The van der Waals surface area contributed by atoms with Crippen molar-refractivity contribution in [1.29, 1.82) is 0 Å². The fourth-order valence-corrected chi connectivity index (χ4v) is 6.55. The Labute approximate surface area is 250 Å². The smallest absolute Gasteiger partial charge is 0.264 e.